The van der Waals surface area contributed by atoms with Gasteiger partial charge in [-0.15, -0.1) is 0 Å². The summed E-state index contributed by atoms with van der Waals surface area (Å²) in [4.78, 5) is 12.1. The second-order valence-corrected chi connectivity index (χ2v) is 6.38. The maximum atomic E-state index is 14.4. The minimum atomic E-state index is -0.587. The van der Waals surface area contributed by atoms with Gasteiger partial charge in [-0.1, -0.05) is 6.92 Å². The van der Waals surface area contributed by atoms with Crippen LogP contribution < -0.4 is 5.73 Å². The van der Waals surface area contributed by atoms with Crippen molar-refractivity contribution in [1.82, 2.24) is 9.78 Å². The summed E-state index contributed by atoms with van der Waals surface area (Å²) < 4.78 is 21.2. The van der Waals surface area contributed by atoms with Gasteiger partial charge in [0, 0.05) is 29.6 Å². The van der Waals surface area contributed by atoms with Crippen molar-refractivity contribution in [3.8, 4) is 11.1 Å². The maximum Gasteiger partial charge on any atom is 0.338 e. The Hall–Kier alpha value is -2.37. The zero-order chi connectivity index (χ0) is 16.6. The molecule has 2 N–H and O–H groups in total. The predicted octanol–water partition coefficient (Wildman–Crippen LogP) is 3.25. The number of hydrogen-bond donors (Lipinski definition) is 1. The summed E-state index contributed by atoms with van der Waals surface area (Å²) in [6.07, 6.45) is 5.68. The number of nitrogens with two attached hydrogens (primary N) is 1. The summed E-state index contributed by atoms with van der Waals surface area (Å²) in [7, 11) is 0. The van der Waals surface area contributed by atoms with Crippen LogP contribution in [-0.2, 0) is 11.3 Å². The molecular formula is C17H20FN3O2. The summed E-state index contributed by atoms with van der Waals surface area (Å²) in [6, 6.07) is 2.65. The van der Waals surface area contributed by atoms with Gasteiger partial charge in [0.1, 0.15) is 5.82 Å². The molecule has 0 spiro atoms. The number of carbonyl (C=O) groups is 1. The van der Waals surface area contributed by atoms with Gasteiger partial charge in [0.15, 0.2) is 0 Å². The quantitative estimate of drug-likeness (QED) is 0.679. The number of nitrogen functional groups attached to an aromatic ring is 1. The SMILES string of the molecule is CCOC(=O)c1cc(N)cc(F)c1-c1cnn(CC2(C)CC2)c1. The third-order valence-electron chi connectivity index (χ3n) is 4.18. The van der Waals surface area contributed by atoms with Gasteiger partial charge in [0.25, 0.3) is 0 Å². The van der Waals surface area contributed by atoms with Crippen LogP contribution in [0.2, 0.25) is 0 Å². The topological polar surface area (TPSA) is 70.1 Å². The summed E-state index contributed by atoms with van der Waals surface area (Å²) in [5.41, 5.74) is 7.00. The zero-order valence-electron chi connectivity index (χ0n) is 13.3. The molecule has 1 saturated carbocycles. The number of ether oxygens (including phenoxy) is 1. The lowest BCUT2D eigenvalue weighted by molar-refractivity contribution is 0.0527. The van der Waals surface area contributed by atoms with E-state index in [1.807, 2.05) is 0 Å². The fourth-order valence-electron chi connectivity index (χ4n) is 2.63. The van der Waals surface area contributed by atoms with Crippen LogP contribution in [0.5, 0.6) is 0 Å². The molecule has 1 aliphatic carbocycles. The van der Waals surface area contributed by atoms with E-state index < -0.39 is 11.8 Å². The van der Waals surface area contributed by atoms with E-state index in [1.54, 1.807) is 24.0 Å². The van der Waals surface area contributed by atoms with Crippen molar-refractivity contribution in [2.45, 2.75) is 33.2 Å². The van der Waals surface area contributed by atoms with E-state index in [0.29, 0.717) is 5.56 Å². The molecule has 122 valence electrons. The highest BCUT2D eigenvalue weighted by Gasteiger charge is 2.37. The molecule has 0 radical (unpaired) electrons. The molecule has 5 nitrogen and oxygen atoms in total. The lowest BCUT2D eigenvalue weighted by Crippen LogP contribution is -2.09. The van der Waals surface area contributed by atoms with Crippen molar-refractivity contribution in [3.63, 3.8) is 0 Å². The Balaban J connectivity index is 1.99. The molecule has 1 fully saturated rings. The largest absolute Gasteiger partial charge is 0.462 e. The highest BCUT2D eigenvalue weighted by Crippen LogP contribution is 2.46. The van der Waals surface area contributed by atoms with Crippen LogP contribution in [0.4, 0.5) is 10.1 Å². The fourth-order valence-corrected chi connectivity index (χ4v) is 2.63. The number of aromatic nitrogens is 2. The lowest BCUT2D eigenvalue weighted by atomic mass is 10.0. The second-order valence-electron chi connectivity index (χ2n) is 6.38. The highest BCUT2D eigenvalue weighted by molar-refractivity contribution is 5.98. The number of rotatable bonds is 5. The maximum absolute atomic E-state index is 14.4. The minimum Gasteiger partial charge on any atom is -0.462 e. The Kier molecular flexibility index (Phi) is 3.83. The summed E-state index contributed by atoms with van der Waals surface area (Å²) >= 11 is 0. The van der Waals surface area contributed by atoms with Crippen LogP contribution in [0.15, 0.2) is 24.5 Å². The molecule has 0 saturated heterocycles. The van der Waals surface area contributed by atoms with Crippen LogP contribution in [-0.4, -0.2) is 22.4 Å². The Morgan fingerprint density at radius 2 is 2.22 bits per heavy atom. The van der Waals surface area contributed by atoms with E-state index in [9.17, 15) is 9.18 Å². The van der Waals surface area contributed by atoms with Crippen molar-refractivity contribution in [1.29, 1.82) is 0 Å². The number of carbonyl (C=O) groups excluding carboxylic acids is 1. The van der Waals surface area contributed by atoms with Gasteiger partial charge >= 0.3 is 5.97 Å². The predicted molar refractivity (Wildman–Crippen MR) is 85.3 cm³/mol. The Labute approximate surface area is 134 Å². The van der Waals surface area contributed by atoms with Gasteiger partial charge in [-0.05, 0) is 37.3 Å². The van der Waals surface area contributed by atoms with Gasteiger partial charge < -0.3 is 10.5 Å². The third kappa shape index (κ3) is 3.21. The molecule has 1 aliphatic rings. The molecule has 1 aromatic carbocycles. The Bertz CT molecular complexity index is 750. The van der Waals surface area contributed by atoms with E-state index in [2.05, 4.69) is 12.0 Å². The number of esters is 1. The molecule has 0 amide bonds. The van der Waals surface area contributed by atoms with Crippen LogP contribution in [0.1, 0.15) is 37.0 Å². The van der Waals surface area contributed by atoms with E-state index in [-0.39, 0.29) is 28.8 Å². The standard InChI is InChI=1S/C17H20FN3O2/c1-3-23-16(22)13-6-12(19)7-14(18)15(13)11-8-20-21(9-11)10-17(2)4-5-17/h6-9H,3-5,10,19H2,1-2H3. The third-order valence-corrected chi connectivity index (χ3v) is 4.18. The first-order chi connectivity index (χ1) is 10.9. The second kappa shape index (κ2) is 5.68. The monoisotopic (exact) mass is 317 g/mol. The van der Waals surface area contributed by atoms with Crippen molar-refractivity contribution < 1.29 is 13.9 Å². The van der Waals surface area contributed by atoms with Crippen molar-refractivity contribution in [2.75, 3.05) is 12.3 Å². The first-order valence-electron chi connectivity index (χ1n) is 7.71. The van der Waals surface area contributed by atoms with Gasteiger partial charge in [-0.3, -0.25) is 4.68 Å². The number of halogens is 1. The first-order valence-corrected chi connectivity index (χ1v) is 7.71. The normalized spacial score (nSPS) is 15.4. The molecule has 1 heterocycles. The van der Waals surface area contributed by atoms with Crippen molar-refractivity contribution >= 4 is 11.7 Å². The smallest absolute Gasteiger partial charge is 0.338 e. The summed E-state index contributed by atoms with van der Waals surface area (Å²) in [5, 5.41) is 4.29. The number of hydrogen-bond acceptors (Lipinski definition) is 4. The molecule has 0 aliphatic heterocycles. The number of anilines is 1. The minimum absolute atomic E-state index is 0.126. The first kappa shape index (κ1) is 15.5. The molecule has 3 rings (SSSR count). The van der Waals surface area contributed by atoms with Gasteiger partial charge in [-0.2, -0.15) is 5.10 Å². The van der Waals surface area contributed by atoms with E-state index in [4.69, 9.17) is 10.5 Å². The number of benzene rings is 1. The van der Waals surface area contributed by atoms with Crippen LogP contribution >= 0.6 is 0 Å². The molecule has 0 bridgehead atoms. The molecule has 0 unspecified atom stereocenters. The van der Waals surface area contributed by atoms with E-state index in [1.165, 1.54) is 25.0 Å². The Morgan fingerprint density at radius 1 is 1.48 bits per heavy atom. The molecule has 0 atom stereocenters. The number of nitrogens with zero attached hydrogens (tertiary/aromatic N) is 2. The van der Waals surface area contributed by atoms with Crippen LogP contribution in [0, 0.1) is 11.2 Å². The summed E-state index contributed by atoms with van der Waals surface area (Å²) in [5.74, 6) is -1.14. The molecule has 2 aromatic rings. The zero-order valence-corrected chi connectivity index (χ0v) is 13.3. The molecule has 6 heteroatoms. The van der Waals surface area contributed by atoms with Crippen LogP contribution in [0.3, 0.4) is 0 Å². The fraction of sp³-hybridized carbons (Fsp3) is 0.412. The van der Waals surface area contributed by atoms with Gasteiger partial charge in [0.2, 0.25) is 0 Å². The average molecular weight is 317 g/mol. The van der Waals surface area contributed by atoms with Crippen molar-refractivity contribution in [3.05, 3.63) is 35.9 Å². The van der Waals surface area contributed by atoms with Crippen LogP contribution in [0.25, 0.3) is 11.1 Å². The molecule has 23 heavy (non-hydrogen) atoms. The average Bonchev–Trinajstić information content (AvgIpc) is 3.02. The lowest BCUT2D eigenvalue weighted by Gasteiger charge is -2.10. The van der Waals surface area contributed by atoms with E-state index in [0.717, 1.165) is 6.54 Å². The molecule has 1 aromatic heterocycles. The summed E-state index contributed by atoms with van der Waals surface area (Å²) in [6.45, 7) is 4.90. The van der Waals surface area contributed by atoms with Gasteiger partial charge in [-0.25, -0.2) is 9.18 Å². The van der Waals surface area contributed by atoms with E-state index >= 15 is 0 Å². The molecular weight excluding hydrogens is 297 g/mol. The highest BCUT2D eigenvalue weighted by atomic mass is 19.1. The Morgan fingerprint density at radius 3 is 2.87 bits per heavy atom. The van der Waals surface area contributed by atoms with Crippen molar-refractivity contribution in [2.24, 2.45) is 5.41 Å². The van der Waals surface area contributed by atoms with Gasteiger partial charge in [0.05, 0.1) is 18.4 Å².